The highest BCUT2D eigenvalue weighted by atomic mass is 35.5. The molecule has 0 aliphatic rings. The van der Waals surface area contributed by atoms with Gasteiger partial charge < -0.3 is 24.3 Å². The zero-order valence-electron chi connectivity index (χ0n) is 16.6. The lowest BCUT2D eigenvalue weighted by atomic mass is 10.2. The van der Waals surface area contributed by atoms with E-state index in [4.69, 9.17) is 30.5 Å². The first kappa shape index (κ1) is 22.1. The van der Waals surface area contributed by atoms with Crippen molar-refractivity contribution >= 4 is 35.2 Å². The van der Waals surface area contributed by atoms with E-state index in [0.717, 1.165) is 5.56 Å². The molecule has 0 spiro atoms. The number of hydrogen-bond donors (Lipinski definition) is 1. The van der Waals surface area contributed by atoms with Gasteiger partial charge in [-0.15, -0.1) is 0 Å². The average molecular weight is 420 g/mol. The molecule has 0 saturated carbocycles. The lowest BCUT2D eigenvalue weighted by Gasteiger charge is -2.11. The van der Waals surface area contributed by atoms with Gasteiger partial charge in [-0.05, 0) is 48.4 Å². The van der Waals surface area contributed by atoms with Gasteiger partial charge in [0.1, 0.15) is 5.75 Å². The van der Waals surface area contributed by atoms with Crippen LogP contribution in [0.2, 0.25) is 5.02 Å². The van der Waals surface area contributed by atoms with Crippen LogP contribution in [0.15, 0.2) is 36.4 Å². The second kappa shape index (κ2) is 10.4. The predicted molar refractivity (Wildman–Crippen MR) is 111 cm³/mol. The summed E-state index contributed by atoms with van der Waals surface area (Å²) >= 11 is 6.13. The zero-order chi connectivity index (χ0) is 21.4. The molecule has 0 atom stereocenters. The Morgan fingerprint density at radius 3 is 2.41 bits per heavy atom. The maximum Gasteiger partial charge on any atom is 0.331 e. The molecule has 2 aromatic carbocycles. The van der Waals surface area contributed by atoms with Crippen LogP contribution in [0.1, 0.15) is 11.1 Å². The number of anilines is 1. The Bertz CT molecular complexity index is 926. The molecule has 154 valence electrons. The van der Waals surface area contributed by atoms with Crippen LogP contribution in [-0.4, -0.2) is 39.8 Å². The third kappa shape index (κ3) is 6.15. The predicted octanol–water partition coefficient (Wildman–Crippen LogP) is 3.87. The van der Waals surface area contributed by atoms with E-state index < -0.39 is 18.5 Å². The summed E-state index contributed by atoms with van der Waals surface area (Å²) < 4.78 is 20.5. The molecule has 0 fully saturated rings. The second-order valence-corrected chi connectivity index (χ2v) is 6.34. The number of esters is 1. The molecule has 0 unspecified atom stereocenters. The Kier molecular flexibility index (Phi) is 7.91. The van der Waals surface area contributed by atoms with Crippen LogP contribution in [-0.2, 0) is 14.3 Å². The number of benzene rings is 2. The molecular formula is C21H22ClNO6. The number of carbonyl (C=O) groups excluding carboxylic acids is 2. The largest absolute Gasteiger partial charge is 0.495 e. The first-order valence-electron chi connectivity index (χ1n) is 8.58. The molecule has 0 heterocycles. The zero-order valence-corrected chi connectivity index (χ0v) is 17.3. The van der Waals surface area contributed by atoms with Gasteiger partial charge in [-0.2, -0.15) is 0 Å². The fraction of sp³-hybridized carbons (Fsp3) is 0.238. The van der Waals surface area contributed by atoms with E-state index in [1.54, 1.807) is 24.3 Å². The molecule has 7 nitrogen and oxygen atoms in total. The highest BCUT2D eigenvalue weighted by Gasteiger charge is 2.11. The first-order chi connectivity index (χ1) is 13.9. The number of carbonyl (C=O) groups is 2. The molecule has 0 bridgehead atoms. The summed E-state index contributed by atoms with van der Waals surface area (Å²) in [6, 6.07) is 8.64. The minimum Gasteiger partial charge on any atom is -0.495 e. The summed E-state index contributed by atoms with van der Waals surface area (Å²) in [7, 11) is 4.47. The van der Waals surface area contributed by atoms with Gasteiger partial charge in [0.15, 0.2) is 18.1 Å². The van der Waals surface area contributed by atoms with E-state index in [2.05, 4.69) is 5.32 Å². The van der Waals surface area contributed by atoms with Crippen molar-refractivity contribution in [3.63, 3.8) is 0 Å². The number of halogens is 1. The van der Waals surface area contributed by atoms with Gasteiger partial charge in [-0.3, -0.25) is 4.79 Å². The van der Waals surface area contributed by atoms with Crippen molar-refractivity contribution in [1.82, 2.24) is 0 Å². The third-order valence-corrected chi connectivity index (χ3v) is 4.12. The van der Waals surface area contributed by atoms with Crippen LogP contribution in [0.4, 0.5) is 5.69 Å². The molecule has 1 amide bonds. The molecule has 8 heteroatoms. The Labute approximate surface area is 174 Å². The van der Waals surface area contributed by atoms with Crippen molar-refractivity contribution in [1.29, 1.82) is 0 Å². The standard InChI is InChI=1S/C21H22ClNO6/c1-13-5-7-17(26-2)16(9-13)23-19(24)12-29-20(25)8-6-14-10-15(22)21(28-4)18(11-14)27-3/h5-11H,12H2,1-4H3,(H,23,24)/b8-6+. The van der Waals surface area contributed by atoms with Crippen molar-refractivity contribution in [3.05, 3.63) is 52.6 Å². The third-order valence-electron chi connectivity index (χ3n) is 3.84. The number of aryl methyl sites for hydroxylation is 1. The molecule has 0 aliphatic carbocycles. The Balaban J connectivity index is 1.95. The van der Waals surface area contributed by atoms with Crippen LogP contribution in [0.3, 0.4) is 0 Å². The lowest BCUT2D eigenvalue weighted by molar-refractivity contribution is -0.142. The molecule has 2 rings (SSSR count). The fourth-order valence-electron chi connectivity index (χ4n) is 2.49. The molecule has 2 aromatic rings. The summed E-state index contributed by atoms with van der Waals surface area (Å²) in [4.78, 5) is 24.0. The minimum absolute atomic E-state index is 0.339. The molecule has 0 aromatic heterocycles. The van der Waals surface area contributed by atoms with Gasteiger partial charge in [-0.25, -0.2) is 4.79 Å². The number of nitrogens with one attached hydrogen (secondary N) is 1. The van der Waals surface area contributed by atoms with Gasteiger partial charge in [0.2, 0.25) is 0 Å². The van der Waals surface area contributed by atoms with Gasteiger partial charge in [-0.1, -0.05) is 17.7 Å². The van der Waals surface area contributed by atoms with E-state index in [-0.39, 0.29) is 0 Å². The minimum atomic E-state index is -0.678. The Morgan fingerprint density at radius 1 is 1.03 bits per heavy atom. The highest BCUT2D eigenvalue weighted by Crippen LogP contribution is 2.36. The summed E-state index contributed by atoms with van der Waals surface area (Å²) in [5.74, 6) is 0.184. The molecule has 0 saturated heterocycles. The van der Waals surface area contributed by atoms with Crippen LogP contribution in [0, 0.1) is 6.92 Å². The molecule has 29 heavy (non-hydrogen) atoms. The number of rotatable bonds is 8. The topological polar surface area (TPSA) is 83.1 Å². The maximum absolute atomic E-state index is 12.1. The van der Waals surface area contributed by atoms with Crippen molar-refractivity contribution in [3.8, 4) is 17.2 Å². The van der Waals surface area contributed by atoms with E-state index in [1.165, 1.54) is 33.5 Å². The SMILES string of the molecule is COc1ccc(C)cc1NC(=O)COC(=O)/C=C/c1cc(Cl)c(OC)c(OC)c1. The van der Waals surface area contributed by atoms with Crippen LogP contribution < -0.4 is 19.5 Å². The van der Waals surface area contributed by atoms with Gasteiger partial charge in [0.05, 0.1) is 32.0 Å². The molecule has 0 radical (unpaired) electrons. The van der Waals surface area contributed by atoms with Crippen molar-refractivity contribution < 1.29 is 28.5 Å². The molecule has 0 aliphatic heterocycles. The molecule has 1 N–H and O–H groups in total. The monoisotopic (exact) mass is 419 g/mol. The molecular weight excluding hydrogens is 398 g/mol. The van der Waals surface area contributed by atoms with Crippen LogP contribution >= 0.6 is 11.6 Å². The summed E-state index contributed by atoms with van der Waals surface area (Å²) in [6.07, 6.45) is 2.69. The van der Waals surface area contributed by atoms with Gasteiger partial charge in [0.25, 0.3) is 5.91 Å². The number of amides is 1. The Morgan fingerprint density at radius 2 is 1.76 bits per heavy atom. The quantitative estimate of drug-likeness (QED) is 0.516. The normalized spacial score (nSPS) is 10.5. The fourth-order valence-corrected chi connectivity index (χ4v) is 2.79. The summed E-state index contributed by atoms with van der Waals surface area (Å²) in [6.45, 7) is 1.45. The smallest absolute Gasteiger partial charge is 0.331 e. The van der Waals surface area contributed by atoms with Crippen molar-refractivity contribution in [2.24, 2.45) is 0 Å². The maximum atomic E-state index is 12.1. The van der Waals surface area contributed by atoms with E-state index >= 15 is 0 Å². The van der Waals surface area contributed by atoms with Gasteiger partial charge in [0, 0.05) is 6.08 Å². The van der Waals surface area contributed by atoms with E-state index in [0.29, 0.717) is 33.5 Å². The number of methoxy groups -OCH3 is 3. The summed E-state index contributed by atoms with van der Waals surface area (Å²) in [5.41, 5.74) is 2.07. The highest BCUT2D eigenvalue weighted by molar-refractivity contribution is 6.32. The Hall–Kier alpha value is -3.19. The van der Waals surface area contributed by atoms with Crippen LogP contribution in [0.25, 0.3) is 6.08 Å². The van der Waals surface area contributed by atoms with Crippen molar-refractivity contribution in [2.45, 2.75) is 6.92 Å². The number of hydrogen-bond acceptors (Lipinski definition) is 6. The lowest BCUT2D eigenvalue weighted by Crippen LogP contribution is -2.20. The van der Waals surface area contributed by atoms with Gasteiger partial charge >= 0.3 is 5.97 Å². The number of ether oxygens (including phenoxy) is 4. The van der Waals surface area contributed by atoms with Crippen molar-refractivity contribution in [2.75, 3.05) is 33.3 Å². The summed E-state index contributed by atoms with van der Waals surface area (Å²) in [5, 5.41) is 2.99. The van der Waals surface area contributed by atoms with E-state index in [9.17, 15) is 9.59 Å². The average Bonchev–Trinajstić information content (AvgIpc) is 2.70. The van der Waals surface area contributed by atoms with Crippen LogP contribution in [0.5, 0.6) is 17.2 Å². The first-order valence-corrected chi connectivity index (χ1v) is 8.96. The second-order valence-electron chi connectivity index (χ2n) is 5.93. The van der Waals surface area contributed by atoms with E-state index in [1.807, 2.05) is 13.0 Å².